The molecule has 0 spiro atoms. The van der Waals surface area contributed by atoms with Gasteiger partial charge in [-0.3, -0.25) is 9.78 Å². The monoisotopic (exact) mass is 407 g/mol. The number of H-pyrrole nitrogens is 1. The quantitative estimate of drug-likeness (QED) is 0.438. The van der Waals surface area contributed by atoms with Crippen molar-refractivity contribution in [2.45, 2.75) is 34.3 Å². The number of benzene rings is 2. The number of aryl methyl sites for hydroxylation is 3. The Kier molecular flexibility index (Phi) is 6.79. The summed E-state index contributed by atoms with van der Waals surface area (Å²) in [5.41, 5.74) is 6.96. The van der Waals surface area contributed by atoms with Crippen molar-refractivity contribution in [1.82, 2.24) is 15.2 Å². The van der Waals surface area contributed by atoms with E-state index in [4.69, 9.17) is 9.47 Å². The van der Waals surface area contributed by atoms with E-state index in [-0.39, 0.29) is 11.5 Å². The number of hydrazone groups is 1. The maximum Gasteiger partial charge on any atom is 0.274 e. The average molecular weight is 407 g/mol. The van der Waals surface area contributed by atoms with Crippen LogP contribution in [-0.2, 0) is 6.61 Å². The Morgan fingerprint density at radius 1 is 1.07 bits per heavy atom. The van der Waals surface area contributed by atoms with Crippen LogP contribution in [0.4, 0.5) is 5.95 Å². The van der Waals surface area contributed by atoms with Crippen LogP contribution in [0.2, 0.25) is 0 Å². The lowest BCUT2D eigenvalue weighted by Crippen LogP contribution is -2.15. The molecule has 1 heterocycles. The lowest BCUT2D eigenvalue weighted by atomic mass is 10.1. The standard InChI is InChI=1S/C22H25N5O3/c1-5-29-20-11-17(12-23-26-22-24-21(28)16(4)25-27-22)8-9-19(20)30-13-18-10-14(2)6-7-15(18)3/h6-12H,5,13H2,1-4H3,(H2,24,26,27,28)/b23-12+. The number of nitrogens with zero attached hydrogens (tertiary/aromatic N) is 3. The Bertz CT molecular complexity index is 1110. The third-order valence-electron chi connectivity index (χ3n) is 4.40. The van der Waals surface area contributed by atoms with Crippen molar-refractivity contribution in [2.75, 3.05) is 12.0 Å². The Hall–Kier alpha value is -3.68. The lowest BCUT2D eigenvalue weighted by molar-refractivity contribution is 0.269. The Balaban J connectivity index is 1.71. The number of nitrogens with one attached hydrogen (secondary N) is 2. The predicted molar refractivity (Wildman–Crippen MR) is 116 cm³/mol. The van der Waals surface area contributed by atoms with E-state index in [0.29, 0.717) is 30.4 Å². The number of anilines is 1. The van der Waals surface area contributed by atoms with Gasteiger partial charge in [-0.15, -0.1) is 10.2 Å². The summed E-state index contributed by atoms with van der Waals surface area (Å²) in [6.07, 6.45) is 1.59. The van der Waals surface area contributed by atoms with Crippen LogP contribution in [0, 0.1) is 20.8 Å². The molecule has 0 unspecified atom stereocenters. The first-order valence-corrected chi connectivity index (χ1v) is 9.64. The zero-order valence-electron chi connectivity index (χ0n) is 17.5. The number of rotatable bonds is 8. The van der Waals surface area contributed by atoms with Crippen LogP contribution in [0.1, 0.15) is 34.9 Å². The number of aromatic nitrogens is 3. The van der Waals surface area contributed by atoms with E-state index < -0.39 is 0 Å². The summed E-state index contributed by atoms with van der Waals surface area (Å²) in [4.78, 5) is 14.1. The van der Waals surface area contributed by atoms with Crippen LogP contribution in [0.15, 0.2) is 46.3 Å². The van der Waals surface area contributed by atoms with Crippen molar-refractivity contribution in [3.05, 3.63) is 74.7 Å². The molecule has 0 bridgehead atoms. The van der Waals surface area contributed by atoms with Crippen molar-refractivity contribution >= 4 is 12.2 Å². The zero-order valence-corrected chi connectivity index (χ0v) is 17.5. The number of hydrogen-bond donors (Lipinski definition) is 2. The SMILES string of the molecule is CCOc1cc(/C=N/Nc2nnc(C)c(=O)[nH]2)ccc1OCc1cc(C)ccc1C. The third kappa shape index (κ3) is 5.44. The molecule has 1 aromatic heterocycles. The van der Waals surface area contributed by atoms with Crippen molar-refractivity contribution in [3.8, 4) is 11.5 Å². The normalized spacial score (nSPS) is 10.9. The molecule has 30 heavy (non-hydrogen) atoms. The molecule has 0 fully saturated rings. The summed E-state index contributed by atoms with van der Waals surface area (Å²) in [5.74, 6) is 1.47. The number of aromatic amines is 1. The van der Waals surface area contributed by atoms with Gasteiger partial charge in [-0.2, -0.15) is 5.10 Å². The number of hydrogen-bond acceptors (Lipinski definition) is 7. The molecule has 3 rings (SSSR count). The van der Waals surface area contributed by atoms with E-state index in [0.717, 1.165) is 11.1 Å². The first-order chi connectivity index (χ1) is 14.5. The van der Waals surface area contributed by atoms with Gasteiger partial charge in [0.05, 0.1) is 12.8 Å². The second kappa shape index (κ2) is 9.69. The summed E-state index contributed by atoms with van der Waals surface area (Å²) in [6.45, 7) is 8.61. The van der Waals surface area contributed by atoms with Gasteiger partial charge in [0.2, 0.25) is 5.95 Å². The van der Waals surface area contributed by atoms with E-state index >= 15 is 0 Å². The van der Waals surface area contributed by atoms with Crippen molar-refractivity contribution in [3.63, 3.8) is 0 Å². The predicted octanol–water partition coefficient (Wildman–Crippen LogP) is 3.51. The summed E-state index contributed by atoms with van der Waals surface area (Å²) in [7, 11) is 0. The van der Waals surface area contributed by atoms with E-state index in [2.05, 4.69) is 57.8 Å². The van der Waals surface area contributed by atoms with Crippen LogP contribution >= 0.6 is 0 Å². The van der Waals surface area contributed by atoms with E-state index in [1.165, 1.54) is 11.1 Å². The minimum Gasteiger partial charge on any atom is -0.490 e. The summed E-state index contributed by atoms with van der Waals surface area (Å²) < 4.78 is 11.8. The molecule has 0 saturated heterocycles. The minimum absolute atomic E-state index is 0.167. The topological polar surface area (TPSA) is 101 Å². The first kappa shape index (κ1) is 21.0. The van der Waals surface area contributed by atoms with Gasteiger partial charge in [0.25, 0.3) is 5.56 Å². The van der Waals surface area contributed by atoms with Crippen LogP contribution in [0.3, 0.4) is 0 Å². The summed E-state index contributed by atoms with van der Waals surface area (Å²) >= 11 is 0. The van der Waals surface area contributed by atoms with Crippen LogP contribution in [0.25, 0.3) is 0 Å². The molecule has 0 radical (unpaired) electrons. The smallest absolute Gasteiger partial charge is 0.274 e. The van der Waals surface area contributed by atoms with Crippen molar-refractivity contribution in [2.24, 2.45) is 5.10 Å². The molecule has 0 aliphatic carbocycles. The molecular formula is C22H25N5O3. The Morgan fingerprint density at radius 3 is 2.67 bits per heavy atom. The average Bonchev–Trinajstić information content (AvgIpc) is 2.72. The Labute approximate surface area is 175 Å². The highest BCUT2D eigenvalue weighted by molar-refractivity contribution is 5.81. The van der Waals surface area contributed by atoms with Gasteiger partial charge in [0.1, 0.15) is 12.3 Å². The van der Waals surface area contributed by atoms with Gasteiger partial charge in [-0.25, -0.2) is 5.43 Å². The first-order valence-electron chi connectivity index (χ1n) is 9.64. The van der Waals surface area contributed by atoms with Crippen LogP contribution < -0.4 is 20.5 Å². The molecule has 0 saturated carbocycles. The maximum absolute atomic E-state index is 11.6. The molecule has 3 aromatic rings. The van der Waals surface area contributed by atoms with Crippen molar-refractivity contribution < 1.29 is 9.47 Å². The third-order valence-corrected chi connectivity index (χ3v) is 4.40. The van der Waals surface area contributed by atoms with Gasteiger partial charge in [-0.05, 0) is 62.6 Å². The number of ether oxygens (including phenoxy) is 2. The fourth-order valence-electron chi connectivity index (χ4n) is 2.72. The van der Waals surface area contributed by atoms with Crippen LogP contribution in [0.5, 0.6) is 11.5 Å². The highest BCUT2D eigenvalue weighted by atomic mass is 16.5. The van der Waals surface area contributed by atoms with Crippen LogP contribution in [-0.4, -0.2) is 28.0 Å². The van der Waals surface area contributed by atoms with E-state index in [1.54, 1.807) is 13.1 Å². The maximum atomic E-state index is 11.6. The minimum atomic E-state index is -0.313. The van der Waals surface area contributed by atoms with Gasteiger partial charge < -0.3 is 9.47 Å². The molecule has 0 aliphatic rings. The van der Waals surface area contributed by atoms with Gasteiger partial charge in [-0.1, -0.05) is 23.8 Å². The molecule has 2 aromatic carbocycles. The van der Waals surface area contributed by atoms with Gasteiger partial charge in [0.15, 0.2) is 11.5 Å². The van der Waals surface area contributed by atoms with Gasteiger partial charge in [0, 0.05) is 0 Å². The zero-order chi connectivity index (χ0) is 21.5. The highest BCUT2D eigenvalue weighted by Crippen LogP contribution is 2.29. The summed E-state index contributed by atoms with van der Waals surface area (Å²) in [5, 5.41) is 11.7. The second-order valence-electron chi connectivity index (χ2n) is 6.82. The molecule has 8 heteroatoms. The highest BCUT2D eigenvalue weighted by Gasteiger charge is 2.08. The molecule has 0 aliphatic heterocycles. The Morgan fingerprint density at radius 2 is 1.90 bits per heavy atom. The molecule has 0 atom stereocenters. The molecule has 0 amide bonds. The summed E-state index contributed by atoms with van der Waals surface area (Å²) in [6, 6.07) is 11.9. The van der Waals surface area contributed by atoms with Crippen molar-refractivity contribution in [1.29, 1.82) is 0 Å². The lowest BCUT2D eigenvalue weighted by Gasteiger charge is -2.14. The van der Waals surface area contributed by atoms with E-state index in [9.17, 15) is 4.79 Å². The molecule has 156 valence electrons. The molecule has 8 nitrogen and oxygen atoms in total. The second-order valence-corrected chi connectivity index (χ2v) is 6.82. The fourth-order valence-corrected chi connectivity index (χ4v) is 2.72. The van der Waals surface area contributed by atoms with E-state index in [1.807, 2.05) is 25.1 Å². The molecular weight excluding hydrogens is 382 g/mol. The molecule has 2 N–H and O–H groups in total. The fraction of sp³-hybridized carbons (Fsp3) is 0.273. The van der Waals surface area contributed by atoms with Gasteiger partial charge >= 0.3 is 0 Å². The largest absolute Gasteiger partial charge is 0.490 e.